The van der Waals surface area contributed by atoms with Crippen LogP contribution in [0.2, 0.25) is 0 Å². The fraction of sp³-hybridized carbons (Fsp3) is 0.500. The van der Waals surface area contributed by atoms with Gasteiger partial charge in [-0.25, -0.2) is 4.79 Å². The molecule has 116 valence electrons. The zero-order chi connectivity index (χ0) is 15.8. The summed E-state index contributed by atoms with van der Waals surface area (Å²) in [4.78, 5) is 23.7. The van der Waals surface area contributed by atoms with Crippen molar-refractivity contribution in [2.45, 2.75) is 32.7 Å². The van der Waals surface area contributed by atoms with Gasteiger partial charge in [0.25, 0.3) is 0 Å². The molecule has 5 nitrogen and oxygen atoms in total. The number of esters is 1. The summed E-state index contributed by atoms with van der Waals surface area (Å²) in [5.41, 5.74) is 0.898. The Morgan fingerprint density at radius 1 is 1.24 bits per heavy atom. The minimum atomic E-state index is -0.687. The second-order valence-electron chi connectivity index (χ2n) is 5.30. The number of ether oxygens (including phenoxy) is 2. The molecule has 0 fully saturated rings. The number of amides is 1. The smallest absolute Gasteiger partial charge is 0.328 e. The number of nitrogens with one attached hydrogen (secondary N) is 1. The lowest BCUT2D eigenvalue weighted by atomic mass is 10.0. The Balaban J connectivity index is 2.78. The van der Waals surface area contributed by atoms with E-state index in [1.54, 1.807) is 7.11 Å². The van der Waals surface area contributed by atoms with Crippen molar-refractivity contribution in [2.24, 2.45) is 5.92 Å². The van der Waals surface area contributed by atoms with E-state index in [1.807, 2.05) is 38.1 Å². The predicted molar refractivity (Wildman–Crippen MR) is 80.1 cm³/mol. The molecule has 0 saturated heterocycles. The van der Waals surface area contributed by atoms with Crippen LogP contribution < -0.4 is 10.1 Å². The Morgan fingerprint density at radius 2 is 1.95 bits per heavy atom. The van der Waals surface area contributed by atoms with Crippen molar-refractivity contribution in [3.63, 3.8) is 0 Å². The molecule has 0 aliphatic rings. The van der Waals surface area contributed by atoms with E-state index >= 15 is 0 Å². The zero-order valence-electron chi connectivity index (χ0n) is 13.0. The Kier molecular flexibility index (Phi) is 6.72. The highest BCUT2D eigenvalue weighted by Crippen LogP contribution is 2.14. The molecule has 1 N–H and O–H groups in total. The molecule has 0 bridgehead atoms. The first kappa shape index (κ1) is 17.0. The molecule has 1 rings (SSSR count). The highest BCUT2D eigenvalue weighted by molar-refractivity contribution is 5.84. The number of methoxy groups -OCH3 is 2. The first-order valence-electron chi connectivity index (χ1n) is 6.96. The van der Waals surface area contributed by atoms with E-state index in [2.05, 4.69) is 5.32 Å². The van der Waals surface area contributed by atoms with Crippen molar-refractivity contribution >= 4 is 11.9 Å². The molecule has 5 heteroatoms. The maximum Gasteiger partial charge on any atom is 0.328 e. The summed E-state index contributed by atoms with van der Waals surface area (Å²) in [5.74, 6) is 0.350. The average molecular weight is 293 g/mol. The van der Waals surface area contributed by atoms with E-state index in [0.29, 0.717) is 18.6 Å². The molecule has 1 atom stereocenters. The summed E-state index contributed by atoms with van der Waals surface area (Å²) < 4.78 is 9.92. The van der Waals surface area contributed by atoms with Gasteiger partial charge in [0.05, 0.1) is 14.2 Å². The lowest BCUT2D eigenvalue weighted by molar-refractivity contribution is -0.145. The Hall–Kier alpha value is -2.04. The van der Waals surface area contributed by atoms with Crippen LogP contribution in [0.4, 0.5) is 0 Å². The van der Waals surface area contributed by atoms with Gasteiger partial charge in [-0.3, -0.25) is 4.79 Å². The van der Waals surface area contributed by atoms with Crippen LogP contribution in [-0.4, -0.2) is 32.1 Å². The second kappa shape index (κ2) is 8.29. The standard InChI is InChI=1S/C16H23NO4/c1-11(2)8-15(18)17-14(16(19)21-4)10-12-6-5-7-13(9-12)20-3/h5-7,9,11,14H,8,10H2,1-4H3,(H,17,18)/t14-/m0/s1. The van der Waals surface area contributed by atoms with Gasteiger partial charge >= 0.3 is 5.97 Å². The molecule has 21 heavy (non-hydrogen) atoms. The maximum absolute atomic E-state index is 11.9. The topological polar surface area (TPSA) is 64.6 Å². The molecule has 0 aromatic heterocycles. The third kappa shape index (κ3) is 5.85. The summed E-state index contributed by atoms with van der Waals surface area (Å²) in [6.07, 6.45) is 0.749. The summed E-state index contributed by atoms with van der Waals surface area (Å²) in [7, 11) is 2.90. The molecule has 0 radical (unpaired) electrons. The molecule has 0 saturated carbocycles. The van der Waals surface area contributed by atoms with Crippen molar-refractivity contribution in [1.29, 1.82) is 0 Å². The van der Waals surface area contributed by atoms with Gasteiger partial charge in [0.2, 0.25) is 5.91 Å². The van der Waals surface area contributed by atoms with Gasteiger partial charge in [-0.2, -0.15) is 0 Å². The molecule has 0 aliphatic heterocycles. The third-order valence-electron chi connectivity index (χ3n) is 2.99. The Bertz CT molecular complexity index is 485. The normalized spacial score (nSPS) is 11.9. The van der Waals surface area contributed by atoms with Crippen molar-refractivity contribution < 1.29 is 19.1 Å². The van der Waals surface area contributed by atoms with Crippen LogP contribution >= 0.6 is 0 Å². The zero-order valence-corrected chi connectivity index (χ0v) is 13.0. The van der Waals surface area contributed by atoms with Crippen molar-refractivity contribution in [1.82, 2.24) is 5.32 Å². The van der Waals surface area contributed by atoms with Crippen LogP contribution in [0.3, 0.4) is 0 Å². The molecular weight excluding hydrogens is 270 g/mol. The molecule has 0 spiro atoms. The van der Waals surface area contributed by atoms with Gasteiger partial charge in [0.15, 0.2) is 0 Å². The van der Waals surface area contributed by atoms with Crippen molar-refractivity contribution in [3.05, 3.63) is 29.8 Å². The number of hydrogen-bond acceptors (Lipinski definition) is 4. The van der Waals surface area contributed by atoms with Gasteiger partial charge in [-0.15, -0.1) is 0 Å². The molecule has 0 aliphatic carbocycles. The summed E-state index contributed by atoms with van der Waals surface area (Å²) in [6, 6.07) is 6.71. The monoisotopic (exact) mass is 293 g/mol. The third-order valence-corrected chi connectivity index (χ3v) is 2.99. The van der Waals surface area contributed by atoms with E-state index in [4.69, 9.17) is 9.47 Å². The Morgan fingerprint density at radius 3 is 2.52 bits per heavy atom. The summed E-state index contributed by atoms with van der Waals surface area (Å²) >= 11 is 0. The van der Waals surface area contributed by atoms with Crippen LogP contribution in [-0.2, 0) is 20.7 Å². The van der Waals surface area contributed by atoms with E-state index in [-0.39, 0.29) is 11.8 Å². The van der Waals surface area contributed by atoms with Crippen LogP contribution in [0.1, 0.15) is 25.8 Å². The molecular formula is C16H23NO4. The number of rotatable bonds is 7. The first-order valence-corrected chi connectivity index (χ1v) is 6.96. The highest BCUT2D eigenvalue weighted by Gasteiger charge is 2.22. The largest absolute Gasteiger partial charge is 0.497 e. The van der Waals surface area contributed by atoms with E-state index in [1.165, 1.54) is 7.11 Å². The number of hydrogen-bond donors (Lipinski definition) is 1. The Labute approximate surface area is 125 Å². The van der Waals surface area contributed by atoms with E-state index in [0.717, 1.165) is 5.56 Å². The van der Waals surface area contributed by atoms with E-state index in [9.17, 15) is 9.59 Å². The van der Waals surface area contributed by atoms with Crippen LogP contribution in [0.5, 0.6) is 5.75 Å². The molecule has 1 aromatic rings. The fourth-order valence-corrected chi connectivity index (χ4v) is 1.99. The van der Waals surface area contributed by atoms with Gasteiger partial charge < -0.3 is 14.8 Å². The fourth-order valence-electron chi connectivity index (χ4n) is 1.99. The van der Waals surface area contributed by atoms with Crippen LogP contribution in [0.25, 0.3) is 0 Å². The number of carbonyl (C=O) groups excluding carboxylic acids is 2. The predicted octanol–water partition coefficient (Wildman–Crippen LogP) is 1.94. The van der Waals surface area contributed by atoms with Gasteiger partial charge in [0.1, 0.15) is 11.8 Å². The SMILES string of the molecule is COC(=O)[C@H](Cc1cccc(OC)c1)NC(=O)CC(C)C. The first-order chi connectivity index (χ1) is 9.96. The molecule has 0 unspecified atom stereocenters. The second-order valence-corrected chi connectivity index (χ2v) is 5.30. The highest BCUT2D eigenvalue weighted by atomic mass is 16.5. The van der Waals surface area contributed by atoms with Crippen molar-refractivity contribution in [2.75, 3.05) is 14.2 Å². The maximum atomic E-state index is 11.9. The van der Waals surface area contributed by atoms with Crippen molar-refractivity contribution in [3.8, 4) is 5.75 Å². The summed E-state index contributed by atoms with van der Waals surface area (Å²) in [6.45, 7) is 3.91. The number of carbonyl (C=O) groups is 2. The lowest BCUT2D eigenvalue weighted by Gasteiger charge is -2.17. The average Bonchev–Trinajstić information content (AvgIpc) is 2.45. The van der Waals surface area contributed by atoms with Crippen LogP contribution in [0.15, 0.2) is 24.3 Å². The number of benzene rings is 1. The minimum absolute atomic E-state index is 0.150. The van der Waals surface area contributed by atoms with Gasteiger partial charge in [0, 0.05) is 12.8 Å². The quantitative estimate of drug-likeness (QED) is 0.780. The molecule has 1 amide bonds. The van der Waals surface area contributed by atoms with E-state index < -0.39 is 12.0 Å². The van der Waals surface area contributed by atoms with Crippen LogP contribution in [0, 0.1) is 5.92 Å². The minimum Gasteiger partial charge on any atom is -0.497 e. The lowest BCUT2D eigenvalue weighted by Crippen LogP contribution is -2.43. The van der Waals surface area contributed by atoms with Gasteiger partial charge in [-0.05, 0) is 23.6 Å². The summed E-state index contributed by atoms with van der Waals surface area (Å²) in [5, 5.41) is 2.73. The van der Waals surface area contributed by atoms with Gasteiger partial charge in [-0.1, -0.05) is 26.0 Å². The molecule has 1 aromatic carbocycles. The molecule has 0 heterocycles.